The lowest BCUT2D eigenvalue weighted by atomic mass is 10.3. The van der Waals surface area contributed by atoms with Gasteiger partial charge in [0.1, 0.15) is 6.54 Å². The third kappa shape index (κ3) is 4.43. The van der Waals surface area contributed by atoms with Gasteiger partial charge in [0, 0.05) is 18.0 Å². The predicted molar refractivity (Wildman–Crippen MR) is 88.6 cm³/mol. The highest BCUT2D eigenvalue weighted by atomic mass is 32.2. The standard InChI is InChI=1S/C14H17N3O3S2/c1-16(2)6-5-15-12(18)9-17-13(19)11(22-14(17)20)8-10-4-3-7-21-10/h3-4,7-8H,5-6,9H2,1-2H3,(H,15,18)/b11-8-. The van der Waals surface area contributed by atoms with E-state index in [1.165, 1.54) is 11.3 Å². The maximum Gasteiger partial charge on any atom is 0.294 e. The smallest absolute Gasteiger partial charge is 0.294 e. The number of nitrogens with zero attached hydrogens (tertiary/aromatic N) is 2. The third-order valence-corrected chi connectivity index (χ3v) is 4.60. The fraction of sp³-hybridized carbons (Fsp3) is 0.357. The molecule has 0 bridgehead atoms. The second-order valence-corrected chi connectivity index (χ2v) is 6.91. The van der Waals surface area contributed by atoms with Crippen LogP contribution in [0.15, 0.2) is 22.4 Å². The number of hydrogen-bond acceptors (Lipinski definition) is 6. The first-order chi connectivity index (χ1) is 10.5. The van der Waals surface area contributed by atoms with Gasteiger partial charge >= 0.3 is 0 Å². The van der Waals surface area contributed by atoms with E-state index in [2.05, 4.69) is 5.32 Å². The van der Waals surface area contributed by atoms with Crippen molar-refractivity contribution in [3.05, 3.63) is 27.3 Å². The van der Waals surface area contributed by atoms with Gasteiger partial charge in [-0.2, -0.15) is 0 Å². The first-order valence-electron chi connectivity index (χ1n) is 6.67. The SMILES string of the molecule is CN(C)CCNC(=O)CN1C(=O)S/C(=C\c2cccs2)C1=O. The van der Waals surface area contributed by atoms with E-state index in [9.17, 15) is 14.4 Å². The molecule has 3 amide bonds. The van der Waals surface area contributed by atoms with E-state index < -0.39 is 11.1 Å². The zero-order chi connectivity index (χ0) is 16.1. The Morgan fingerprint density at radius 2 is 2.18 bits per heavy atom. The Labute approximate surface area is 137 Å². The minimum absolute atomic E-state index is 0.236. The van der Waals surface area contributed by atoms with Crippen molar-refractivity contribution in [2.75, 3.05) is 33.7 Å². The summed E-state index contributed by atoms with van der Waals surface area (Å²) in [5.41, 5.74) is 0. The summed E-state index contributed by atoms with van der Waals surface area (Å²) in [5.74, 6) is -0.743. The molecule has 1 aliphatic rings. The van der Waals surface area contributed by atoms with Crippen LogP contribution in [0.2, 0.25) is 0 Å². The molecule has 0 saturated carbocycles. The third-order valence-electron chi connectivity index (χ3n) is 2.87. The molecule has 0 aromatic carbocycles. The summed E-state index contributed by atoms with van der Waals surface area (Å²) in [7, 11) is 3.80. The Balaban J connectivity index is 1.93. The van der Waals surface area contributed by atoms with Crippen LogP contribution in [0.4, 0.5) is 4.79 Å². The van der Waals surface area contributed by atoms with Gasteiger partial charge in [0.2, 0.25) is 5.91 Å². The molecule has 2 rings (SSSR count). The van der Waals surface area contributed by atoms with E-state index in [-0.39, 0.29) is 12.5 Å². The fourth-order valence-corrected chi connectivity index (χ4v) is 3.32. The largest absolute Gasteiger partial charge is 0.353 e. The number of carbonyl (C=O) groups is 3. The van der Waals surface area contributed by atoms with Gasteiger partial charge in [-0.15, -0.1) is 11.3 Å². The monoisotopic (exact) mass is 339 g/mol. The fourth-order valence-electron chi connectivity index (χ4n) is 1.76. The highest BCUT2D eigenvalue weighted by Crippen LogP contribution is 2.32. The normalized spacial score (nSPS) is 16.9. The Hall–Kier alpha value is -1.64. The van der Waals surface area contributed by atoms with Crippen molar-refractivity contribution in [2.24, 2.45) is 0 Å². The molecule has 22 heavy (non-hydrogen) atoms. The summed E-state index contributed by atoms with van der Waals surface area (Å²) in [6.45, 7) is 0.943. The molecule has 0 unspecified atom stereocenters. The minimum Gasteiger partial charge on any atom is -0.353 e. The van der Waals surface area contributed by atoms with Crippen LogP contribution in [0.5, 0.6) is 0 Å². The van der Waals surface area contributed by atoms with Crippen LogP contribution in [-0.2, 0) is 9.59 Å². The van der Waals surface area contributed by atoms with Crippen molar-refractivity contribution in [1.82, 2.24) is 15.1 Å². The lowest BCUT2D eigenvalue weighted by Crippen LogP contribution is -2.41. The first-order valence-corrected chi connectivity index (χ1v) is 8.37. The van der Waals surface area contributed by atoms with Crippen molar-refractivity contribution < 1.29 is 14.4 Å². The number of nitrogens with one attached hydrogen (secondary N) is 1. The second-order valence-electron chi connectivity index (χ2n) is 4.94. The van der Waals surface area contributed by atoms with Gasteiger partial charge in [0.15, 0.2) is 0 Å². The molecule has 1 aromatic heterocycles. The predicted octanol–water partition coefficient (Wildman–Crippen LogP) is 1.46. The van der Waals surface area contributed by atoms with Crippen LogP contribution in [0.3, 0.4) is 0 Å². The van der Waals surface area contributed by atoms with Gasteiger partial charge in [-0.1, -0.05) is 6.07 Å². The van der Waals surface area contributed by atoms with E-state index in [1.807, 2.05) is 36.5 Å². The van der Waals surface area contributed by atoms with Crippen molar-refractivity contribution >= 4 is 46.2 Å². The quantitative estimate of drug-likeness (QED) is 0.795. The van der Waals surface area contributed by atoms with E-state index in [1.54, 1.807) is 6.08 Å². The molecule has 1 saturated heterocycles. The van der Waals surface area contributed by atoms with Crippen LogP contribution in [0.1, 0.15) is 4.88 Å². The summed E-state index contributed by atoms with van der Waals surface area (Å²) in [4.78, 5) is 40.0. The molecule has 8 heteroatoms. The Morgan fingerprint density at radius 1 is 1.41 bits per heavy atom. The van der Waals surface area contributed by atoms with Gasteiger partial charge in [0.05, 0.1) is 4.91 Å². The maximum absolute atomic E-state index is 12.2. The van der Waals surface area contributed by atoms with Crippen LogP contribution in [0.25, 0.3) is 6.08 Å². The van der Waals surface area contributed by atoms with Gasteiger partial charge in [0.25, 0.3) is 11.1 Å². The van der Waals surface area contributed by atoms with Crippen molar-refractivity contribution in [3.8, 4) is 0 Å². The van der Waals surface area contributed by atoms with Gasteiger partial charge in [-0.3, -0.25) is 19.3 Å². The Morgan fingerprint density at radius 3 is 2.82 bits per heavy atom. The molecule has 1 fully saturated rings. The number of rotatable bonds is 6. The summed E-state index contributed by atoms with van der Waals surface area (Å²) >= 11 is 2.35. The molecule has 1 N–H and O–H groups in total. The molecular weight excluding hydrogens is 322 g/mol. The van der Waals surface area contributed by atoms with Gasteiger partial charge < -0.3 is 10.2 Å². The zero-order valence-electron chi connectivity index (χ0n) is 12.4. The number of amides is 3. The summed E-state index contributed by atoms with van der Waals surface area (Å²) in [6.07, 6.45) is 1.68. The highest BCUT2D eigenvalue weighted by Gasteiger charge is 2.36. The summed E-state index contributed by atoms with van der Waals surface area (Å²) < 4.78 is 0. The molecular formula is C14H17N3O3S2. The Bertz CT molecular complexity index is 596. The highest BCUT2D eigenvalue weighted by molar-refractivity contribution is 8.18. The summed E-state index contributed by atoms with van der Waals surface area (Å²) in [6, 6.07) is 3.74. The average Bonchev–Trinajstić information content (AvgIpc) is 3.03. The molecule has 0 atom stereocenters. The molecule has 1 aliphatic heterocycles. The number of thiophene rings is 1. The van der Waals surface area contributed by atoms with Crippen molar-refractivity contribution in [2.45, 2.75) is 0 Å². The molecule has 0 spiro atoms. The van der Waals surface area contributed by atoms with Crippen LogP contribution in [0, 0.1) is 0 Å². The van der Waals surface area contributed by atoms with E-state index in [0.29, 0.717) is 18.0 Å². The Kier molecular flexibility index (Phi) is 5.76. The molecule has 0 radical (unpaired) electrons. The van der Waals surface area contributed by atoms with Crippen LogP contribution < -0.4 is 5.32 Å². The minimum atomic E-state index is -0.411. The van der Waals surface area contributed by atoms with E-state index >= 15 is 0 Å². The average molecular weight is 339 g/mol. The second kappa shape index (κ2) is 7.57. The zero-order valence-corrected chi connectivity index (χ0v) is 14.0. The van der Waals surface area contributed by atoms with Crippen molar-refractivity contribution in [1.29, 1.82) is 0 Å². The number of carbonyl (C=O) groups excluding carboxylic acids is 3. The van der Waals surface area contributed by atoms with Crippen LogP contribution >= 0.6 is 23.1 Å². The summed E-state index contributed by atoms with van der Waals surface area (Å²) in [5, 5.41) is 4.18. The van der Waals surface area contributed by atoms with Crippen molar-refractivity contribution in [3.63, 3.8) is 0 Å². The van der Waals surface area contributed by atoms with Gasteiger partial charge in [-0.25, -0.2) is 0 Å². The molecule has 118 valence electrons. The van der Waals surface area contributed by atoms with E-state index in [4.69, 9.17) is 0 Å². The van der Waals surface area contributed by atoms with Gasteiger partial charge in [-0.05, 0) is 43.4 Å². The topological polar surface area (TPSA) is 69.7 Å². The molecule has 2 heterocycles. The molecule has 1 aromatic rings. The molecule has 0 aliphatic carbocycles. The number of likely N-dealkylation sites (N-methyl/N-ethyl adjacent to an activating group) is 1. The maximum atomic E-state index is 12.2. The van der Waals surface area contributed by atoms with Crippen LogP contribution in [-0.4, -0.2) is 60.6 Å². The lowest BCUT2D eigenvalue weighted by Gasteiger charge is -2.14. The lowest BCUT2D eigenvalue weighted by molar-refractivity contribution is -0.129. The number of thioether (sulfide) groups is 1. The molecule has 6 nitrogen and oxygen atoms in total. The van der Waals surface area contributed by atoms with E-state index in [0.717, 1.165) is 21.5 Å². The number of imide groups is 1. The first kappa shape index (κ1) is 16.7. The number of hydrogen-bond donors (Lipinski definition) is 1.